The molecule has 0 saturated heterocycles. The third kappa shape index (κ3) is 3.62. The molecule has 1 saturated carbocycles. The fourth-order valence-electron chi connectivity index (χ4n) is 2.91. The van der Waals surface area contributed by atoms with E-state index >= 15 is 0 Å². The molecule has 0 bridgehead atoms. The number of hydrogen-bond donors (Lipinski definition) is 0. The second kappa shape index (κ2) is 7.28. The minimum atomic E-state index is -0.591. The summed E-state index contributed by atoms with van der Waals surface area (Å²) in [5, 5.41) is 0. The van der Waals surface area contributed by atoms with Gasteiger partial charge in [-0.15, -0.1) is 0 Å². The summed E-state index contributed by atoms with van der Waals surface area (Å²) < 4.78 is 20.0. The Morgan fingerprint density at radius 2 is 1.92 bits per heavy atom. The Labute approximate surface area is 152 Å². The number of esters is 1. The van der Waals surface area contributed by atoms with Gasteiger partial charge in [-0.1, -0.05) is 13.0 Å². The number of carbonyl (C=O) groups excluding carboxylic acids is 2. The van der Waals surface area contributed by atoms with Gasteiger partial charge in [0.1, 0.15) is 11.6 Å². The van der Waals surface area contributed by atoms with E-state index in [9.17, 15) is 14.0 Å². The Morgan fingerprint density at radius 1 is 1.19 bits per heavy atom. The maximum absolute atomic E-state index is 14.4. The molecule has 2 aromatic carbocycles. The van der Waals surface area contributed by atoms with Crippen LogP contribution >= 0.6 is 0 Å². The highest BCUT2D eigenvalue weighted by molar-refractivity contribution is 6.01. The Kier molecular flexibility index (Phi) is 5.07. The van der Waals surface area contributed by atoms with E-state index in [0.29, 0.717) is 11.1 Å². The van der Waals surface area contributed by atoms with E-state index < -0.39 is 11.8 Å². The van der Waals surface area contributed by atoms with Crippen LogP contribution in [0.2, 0.25) is 0 Å². The number of hydrogen-bond acceptors (Lipinski definition) is 4. The summed E-state index contributed by atoms with van der Waals surface area (Å²) in [5.41, 5.74) is 1.83. The number of rotatable bonds is 6. The van der Waals surface area contributed by atoms with Crippen molar-refractivity contribution < 1.29 is 18.7 Å². The van der Waals surface area contributed by atoms with E-state index in [1.54, 1.807) is 25.1 Å². The summed E-state index contributed by atoms with van der Waals surface area (Å²) in [6, 6.07) is 9.69. The lowest BCUT2D eigenvalue weighted by Crippen LogP contribution is -2.15. The van der Waals surface area contributed by atoms with Gasteiger partial charge in [0.05, 0.1) is 11.1 Å². The lowest BCUT2D eigenvalue weighted by Gasteiger charge is -2.16. The lowest BCUT2D eigenvalue weighted by molar-refractivity contribution is 0.0730. The molecule has 1 fully saturated rings. The fraction of sp³-hybridized carbons (Fsp3) is 0.333. The summed E-state index contributed by atoms with van der Waals surface area (Å²) in [4.78, 5) is 26.8. The second-order valence-corrected chi connectivity index (χ2v) is 6.72. The molecule has 26 heavy (non-hydrogen) atoms. The van der Waals surface area contributed by atoms with E-state index in [0.717, 1.165) is 18.5 Å². The van der Waals surface area contributed by atoms with Crippen LogP contribution < -0.4 is 9.64 Å². The average molecular weight is 355 g/mol. The summed E-state index contributed by atoms with van der Waals surface area (Å²) in [5.74, 6) is -1.09. The maximum atomic E-state index is 14.4. The molecule has 4 nitrogen and oxygen atoms in total. The lowest BCUT2D eigenvalue weighted by atomic mass is 10.00. The van der Waals surface area contributed by atoms with Crippen molar-refractivity contribution in [1.82, 2.24) is 0 Å². The van der Waals surface area contributed by atoms with Crippen molar-refractivity contribution in [3.05, 3.63) is 58.9 Å². The average Bonchev–Trinajstić information content (AvgIpc) is 3.46. The molecular weight excluding hydrogens is 333 g/mol. The number of Topliss-reactive ketones (excluding diaryl/α,β-unsaturated/α-hetero) is 1. The van der Waals surface area contributed by atoms with Crippen molar-refractivity contribution in [2.75, 3.05) is 19.0 Å². The standard InChI is InChI=1S/C21H22FNO3/c1-4-18(24)16-10-11-17(22)19(13-8-9-13)20(16)26-21(25)14-6-5-7-15(12-14)23(2)3/h5-7,10-13H,4,8-9H2,1-3H3. The Balaban J connectivity index is 2.00. The van der Waals surface area contributed by atoms with Gasteiger partial charge < -0.3 is 9.64 Å². The number of carbonyl (C=O) groups is 2. The van der Waals surface area contributed by atoms with Crippen molar-refractivity contribution in [2.24, 2.45) is 0 Å². The fourth-order valence-corrected chi connectivity index (χ4v) is 2.91. The van der Waals surface area contributed by atoms with Crippen LogP contribution in [0.25, 0.3) is 0 Å². The van der Waals surface area contributed by atoms with Crippen molar-refractivity contribution in [3.8, 4) is 5.75 Å². The molecule has 1 aliphatic rings. The van der Waals surface area contributed by atoms with Gasteiger partial charge in [0.15, 0.2) is 5.78 Å². The van der Waals surface area contributed by atoms with E-state index in [1.165, 1.54) is 12.1 Å². The molecule has 136 valence electrons. The molecule has 2 aromatic rings. The molecule has 0 aromatic heterocycles. The van der Waals surface area contributed by atoms with E-state index in [1.807, 2.05) is 25.1 Å². The monoisotopic (exact) mass is 355 g/mol. The molecule has 0 aliphatic heterocycles. The van der Waals surface area contributed by atoms with Gasteiger partial charge in [-0.2, -0.15) is 0 Å². The van der Waals surface area contributed by atoms with Gasteiger partial charge >= 0.3 is 5.97 Å². The van der Waals surface area contributed by atoms with Gasteiger partial charge in [0, 0.05) is 31.8 Å². The summed E-state index contributed by atoms with van der Waals surface area (Å²) in [7, 11) is 3.75. The predicted octanol–water partition coefficient (Wildman–Crippen LogP) is 4.58. The van der Waals surface area contributed by atoms with Crippen molar-refractivity contribution >= 4 is 17.4 Å². The quantitative estimate of drug-likeness (QED) is 0.432. The molecule has 0 unspecified atom stereocenters. The molecule has 0 amide bonds. The molecule has 0 spiro atoms. The normalized spacial score (nSPS) is 13.4. The molecular formula is C21H22FNO3. The maximum Gasteiger partial charge on any atom is 0.343 e. The molecule has 0 atom stereocenters. The third-order valence-corrected chi connectivity index (χ3v) is 4.54. The van der Waals surface area contributed by atoms with Crippen LogP contribution in [0.5, 0.6) is 5.75 Å². The first-order valence-electron chi connectivity index (χ1n) is 8.77. The number of benzene rings is 2. The van der Waals surface area contributed by atoms with E-state index in [2.05, 4.69) is 0 Å². The Hall–Kier alpha value is -2.69. The number of nitrogens with zero attached hydrogens (tertiary/aromatic N) is 1. The third-order valence-electron chi connectivity index (χ3n) is 4.54. The first kappa shape index (κ1) is 18.1. The number of ether oxygens (including phenoxy) is 1. The van der Waals surface area contributed by atoms with Crippen LogP contribution in [0.3, 0.4) is 0 Å². The highest BCUT2D eigenvalue weighted by Crippen LogP contribution is 2.47. The van der Waals surface area contributed by atoms with Gasteiger partial charge in [-0.3, -0.25) is 4.79 Å². The summed E-state index contributed by atoms with van der Waals surface area (Å²) in [6.45, 7) is 1.73. The van der Waals surface area contributed by atoms with Gasteiger partial charge in [-0.05, 0) is 49.1 Å². The first-order chi connectivity index (χ1) is 12.4. The zero-order chi connectivity index (χ0) is 18.8. The van der Waals surface area contributed by atoms with Crippen LogP contribution in [-0.4, -0.2) is 25.8 Å². The van der Waals surface area contributed by atoms with Crippen LogP contribution in [0.4, 0.5) is 10.1 Å². The largest absolute Gasteiger partial charge is 0.422 e. The van der Waals surface area contributed by atoms with Gasteiger partial charge in [0.2, 0.25) is 0 Å². The second-order valence-electron chi connectivity index (χ2n) is 6.72. The predicted molar refractivity (Wildman–Crippen MR) is 98.7 cm³/mol. The zero-order valence-electron chi connectivity index (χ0n) is 15.2. The number of anilines is 1. The Bertz CT molecular complexity index is 856. The molecule has 0 N–H and O–H groups in total. The minimum Gasteiger partial charge on any atom is -0.422 e. The number of ketones is 1. The van der Waals surface area contributed by atoms with Crippen LogP contribution in [-0.2, 0) is 0 Å². The molecule has 5 heteroatoms. The molecule has 0 heterocycles. The molecule has 0 radical (unpaired) electrons. The SMILES string of the molecule is CCC(=O)c1ccc(F)c(C2CC2)c1OC(=O)c1cccc(N(C)C)c1. The van der Waals surface area contributed by atoms with E-state index in [-0.39, 0.29) is 29.4 Å². The highest BCUT2D eigenvalue weighted by Gasteiger charge is 2.33. The van der Waals surface area contributed by atoms with Crippen molar-refractivity contribution in [3.63, 3.8) is 0 Å². The minimum absolute atomic E-state index is 0.00974. The van der Waals surface area contributed by atoms with Crippen LogP contribution in [0.15, 0.2) is 36.4 Å². The zero-order valence-corrected chi connectivity index (χ0v) is 15.2. The smallest absolute Gasteiger partial charge is 0.343 e. The molecule has 1 aliphatic carbocycles. The first-order valence-corrected chi connectivity index (χ1v) is 8.77. The van der Waals surface area contributed by atoms with Crippen LogP contribution in [0, 0.1) is 5.82 Å². The van der Waals surface area contributed by atoms with Crippen LogP contribution in [0.1, 0.15) is 58.4 Å². The van der Waals surface area contributed by atoms with E-state index in [4.69, 9.17) is 4.74 Å². The van der Waals surface area contributed by atoms with Gasteiger partial charge in [-0.25, -0.2) is 9.18 Å². The summed E-state index contributed by atoms with van der Waals surface area (Å²) >= 11 is 0. The van der Waals surface area contributed by atoms with Gasteiger partial charge in [0.25, 0.3) is 0 Å². The number of halogens is 1. The Morgan fingerprint density at radius 3 is 2.54 bits per heavy atom. The van der Waals surface area contributed by atoms with Crippen molar-refractivity contribution in [2.45, 2.75) is 32.1 Å². The molecule has 3 rings (SSSR count). The topological polar surface area (TPSA) is 46.6 Å². The summed E-state index contributed by atoms with van der Waals surface area (Å²) in [6.07, 6.45) is 1.93. The highest BCUT2D eigenvalue weighted by atomic mass is 19.1. The van der Waals surface area contributed by atoms with Crippen molar-refractivity contribution in [1.29, 1.82) is 0 Å².